The number of nitrogens with two attached hydrogens (primary N) is 1. The summed E-state index contributed by atoms with van der Waals surface area (Å²) in [5.41, 5.74) is 7.39. The number of aliphatic imine (C=N–C) groups is 1. The van der Waals surface area contributed by atoms with Crippen molar-refractivity contribution in [2.45, 2.75) is 119 Å². The second-order valence-electron chi connectivity index (χ2n) is 13.5. The van der Waals surface area contributed by atoms with Crippen LogP contribution >= 0.6 is 0 Å². The molecule has 36 heavy (non-hydrogen) atoms. The maximum absolute atomic E-state index is 5.61. The Morgan fingerprint density at radius 1 is 1.08 bits per heavy atom. The Morgan fingerprint density at radius 3 is 2.47 bits per heavy atom. The van der Waals surface area contributed by atoms with E-state index >= 15 is 0 Å². The third kappa shape index (κ3) is 5.61. The van der Waals surface area contributed by atoms with Gasteiger partial charge in [-0.05, 0) is 103 Å². The van der Waals surface area contributed by atoms with Gasteiger partial charge < -0.3 is 5.73 Å². The van der Waals surface area contributed by atoms with Gasteiger partial charge in [0.2, 0.25) is 0 Å². The third-order valence-electron chi connectivity index (χ3n) is 11.6. The lowest BCUT2D eigenvalue weighted by molar-refractivity contribution is -0.157. The molecule has 2 N–H and O–H groups in total. The molecule has 0 aromatic carbocycles. The van der Waals surface area contributed by atoms with Crippen LogP contribution in [0.4, 0.5) is 0 Å². The van der Waals surface area contributed by atoms with E-state index in [1.54, 1.807) is 6.21 Å². The lowest BCUT2D eigenvalue weighted by Crippen LogP contribution is -2.57. The zero-order valence-corrected chi connectivity index (χ0v) is 24.9. The van der Waals surface area contributed by atoms with Crippen molar-refractivity contribution >= 4 is 6.21 Å². The molecule has 4 rings (SSSR count). The van der Waals surface area contributed by atoms with Crippen LogP contribution in [0.25, 0.3) is 0 Å². The first-order valence-electron chi connectivity index (χ1n) is 15.7. The minimum atomic E-state index is 0.472. The molecule has 10 unspecified atom stereocenters. The van der Waals surface area contributed by atoms with Gasteiger partial charge in [0, 0.05) is 19.0 Å². The predicted molar refractivity (Wildman–Crippen MR) is 158 cm³/mol. The highest BCUT2D eigenvalue weighted by Crippen LogP contribution is 2.67. The van der Waals surface area contributed by atoms with Gasteiger partial charge in [-0.1, -0.05) is 80.1 Å². The van der Waals surface area contributed by atoms with E-state index in [2.05, 4.69) is 40.5 Å². The second-order valence-corrected chi connectivity index (χ2v) is 13.5. The molecule has 0 amide bonds. The Bertz CT molecular complexity index is 804. The summed E-state index contributed by atoms with van der Waals surface area (Å²) in [6.07, 6.45) is 24.8. The Labute approximate surface area is 224 Å². The molecule has 2 nitrogen and oxygen atoms in total. The first-order chi connectivity index (χ1) is 17.3. The van der Waals surface area contributed by atoms with Crippen LogP contribution in [0.15, 0.2) is 16.8 Å². The van der Waals surface area contributed by atoms with Crippen LogP contribution in [0.3, 0.4) is 0 Å². The Hall–Kier alpha value is -1.23. The lowest BCUT2D eigenvalue weighted by atomic mass is 9.40. The van der Waals surface area contributed by atoms with Crippen LogP contribution in [-0.4, -0.2) is 12.8 Å². The predicted octanol–water partition coefficient (Wildman–Crippen LogP) is 8.91. The van der Waals surface area contributed by atoms with Crippen molar-refractivity contribution in [2.75, 3.05) is 6.54 Å². The van der Waals surface area contributed by atoms with E-state index in [9.17, 15) is 0 Å². The number of hydrogen-bond acceptors (Lipinski definition) is 2. The molecule has 4 aliphatic rings. The number of hydrogen-bond donors (Lipinski definition) is 1. The van der Waals surface area contributed by atoms with Crippen LogP contribution in [0.5, 0.6) is 0 Å². The van der Waals surface area contributed by atoms with Crippen molar-refractivity contribution in [1.29, 1.82) is 0 Å². The molecule has 0 aromatic heterocycles. The zero-order chi connectivity index (χ0) is 26.5. The fraction of sp³-hybridized carbons (Fsp3) is 0.853. The molecule has 0 aromatic rings. The first-order valence-corrected chi connectivity index (χ1v) is 15.7. The van der Waals surface area contributed by atoms with Gasteiger partial charge in [-0.3, -0.25) is 4.99 Å². The van der Waals surface area contributed by atoms with Crippen molar-refractivity contribution in [3.8, 4) is 12.3 Å². The second kappa shape index (κ2) is 12.5. The topological polar surface area (TPSA) is 38.4 Å². The van der Waals surface area contributed by atoms with Gasteiger partial charge in [0.1, 0.15) is 0 Å². The summed E-state index contributed by atoms with van der Waals surface area (Å²) in [5, 5.41) is 0. The van der Waals surface area contributed by atoms with Crippen LogP contribution in [0.1, 0.15) is 119 Å². The van der Waals surface area contributed by atoms with Gasteiger partial charge in [-0.25, -0.2) is 0 Å². The molecule has 0 bridgehead atoms. The monoisotopic (exact) mass is 494 g/mol. The van der Waals surface area contributed by atoms with Gasteiger partial charge >= 0.3 is 0 Å². The highest BCUT2D eigenvalue weighted by molar-refractivity contribution is 5.84. The van der Waals surface area contributed by atoms with E-state index < -0.39 is 0 Å². The number of terminal acetylenes is 1. The van der Waals surface area contributed by atoms with Crippen molar-refractivity contribution in [3.63, 3.8) is 0 Å². The summed E-state index contributed by atoms with van der Waals surface area (Å²) >= 11 is 0. The first kappa shape index (κ1) is 29.3. The SMILES string of the molecule is C#C/C(C=NCC(C)C1CCC(C)C2C3CCC4(C)CC(CCC)CCC4C3CCC12C)=C/N.CC. The average molecular weight is 495 g/mol. The molecule has 0 saturated heterocycles. The molecule has 2 heteroatoms. The summed E-state index contributed by atoms with van der Waals surface area (Å²) in [6, 6.07) is 0. The smallest absolute Gasteiger partial charge is 0.0575 e. The maximum atomic E-state index is 5.61. The summed E-state index contributed by atoms with van der Waals surface area (Å²) < 4.78 is 0. The Balaban J connectivity index is 0.00000176. The van der Waals surface area contributed by atoms with Crippen LogP contribution in [-0.2, 0) is 0 Å². The molecule has 0 aliphatic heterocycles. The standard InChI is InChI=1S/C32H52N2.C2H6/c1-7-9-25-11-13-29-26-15-17-32(6)28(23(4)20-34-21-24(8-2)19-33)12-10-22(3)30(32)27(26)14-16-31(29,5)18-25;1-2/h2,19,21-23,25-30H,7,9-18,20,33H2,1,3-6H3;1-2H3/b24-19-,34-21?;. The molecule has 4 fully saturated rings. The molecular formula is C34H58N2. The average Bonchev–Trinajstić information content (AvgIpc) is 2.87. The van der Waals surface area contributed by atoms with E-state index in [1.807, 2.05) is 13.8 Å². The molecule has 4 saturated carbocycles. The normalized spacial score (nSPS) is 43.3. The van der Waals surface area contributed by atoms with Gasteiger partial charge in [0.15, 0.2) is 0 Å². The van der Waals surface area contributed by atoms with E-state index in [1.165, 1.54) is 76.8 Å². The summed E-state index contributed by atoms with van der Waals surface area (Å²) in [7, 11) is 0. The van der Waals surface area contributed by atoms with Gasteiger partial charge in [0.05, 0.1) is 5.57 Å². The molecule has 0 heterocycles. The van der Waals surface area contributed by atoms with Gasteiger partial charge in [0.25, 0.3) is 0 Å². The van der Waals surface area contributed by atoms with E-state index in [0.29, 0.717) is 22.3 Å². The lowest BCUT2D eigenvalue weighted by Gasteiger charge is -2.65. The number of allylic oxidation sites excluding steroid dienone is 1. The molecule has 0 radical (unpaired) electrons. The summed E-state index contributed by atoms with van der Waals surface area (Å²) in [4.78, 5) is 4.73. The van der Waals surface area contributed by atoms with E-state index in [-0.39, 0.29) is 0 Å². The fourth-order valence-electron chi connectivity index (χ4n) is 10.3. The fourth-order valence-corrected chi connectivity index (χ4v) is 10.3. The highest BCUT2D eigenvalue weighted by Gasteiger charge is 2.59. The molecule has 10 atom stereocenters. The largest absolute Gasteiger partial charge is 0.404 e. The van der Waals surface area contributed by atoms with E-state index in [4.69, 9.17) is 17.1 Å². The number of rotatable bonds is 6. The highest BCUT2D eigenvalue weighted by atomic mass is 14.7. The van der Waals surface area contributed by atoms with Crippen molar-refractivity contribution in [1.82, 2.24) is 0 Å². The molecule has 4 aliphatic carbocycles. The van der Waals surface area contributed by atoms with Crippen molar-refractivity contribution in [3.05, 3.63) is 11.8 Å². The Morgan fingerprint density at radius 2 is 1.81 bits per heavy atom. The zero-order valence-electron chi connectivity index (χ0n) is 24.9. The summed E-state index contributed by atoms with van der Waals surface area (Å²) in [5.74, 6) is 9.70. The van der Waals surface area contributed by atoms with E-state index in [0.717, 1.165) is 48.0 Å². The minimum absolute atomic E-state index is 0.472. The maximum Gasteiger partial charge on any atom is 0.0575 e. The van der Waals surface area contributed by atoms with Crippen LogP contribution < -0.4 is 5.73 Å². The summed E-state index contributed by atoms with van der Waals surface area (Å²) in [6.45, 7) is 17.7. The molecule has 0 spiro atoms. The number of nitrogens with zero attached hydrogens (tertiary/aromatic N) is 1. The van der Waals surface area contributed by atoms with Crippen molar-refractivity contribution < 1.29 is 0 Å². The van der Waals surface area contributed by atoms with Gasteiger partial charge in [-0.2, -0.15) is 0 Å². The van der Waals surface area contributed by atoms with Crippen molar-refractivity contribution in [2.24, 2.45) is 68.9 Å². The molecule has 204 valence electrons. The quantitative estimate of drug-likeness (QED) is 0.290. The number of fused-ring (bicyclic) bond motifs is 5. The molecular weight excluding hydrogens is 436 g/mol. The van der Waals surface area contributed by atoms with Crippen LogP contribution in [0.2, 0.25) is 0 Å². The van der Waals surface area contributed by atoms with Crippen LogP contribution in [0, 0.1) is 70.5 Å². The Kier molecular flexibility index (Phi) is 10.2. The third-order valence-corrected chi connectivity index (χ3v) is 11.6. The minimum Gasteiger partial charge on any atom is -0.404 e. The van der Waals surface area contributed by atoms with Gasteiger partial charge in [-0.15, -0.1) is 6.42 Å².